The summed E-state index contributed by atoms with van der Waals surface area (Å²) in [5, 5.41) is 23.3. The molecule has 1 fully saturated rings. The van der Waals surface area contributed by atoms with E-state index in [-0.39, 0.29) is 0 Å². The Morgan fingerprint density at radius 2 is 1.96 bits per heavy atom. The van der Waals surface area contributed by atoms with Gasteiger partial charge in [0.2, 0.25) is 5.65 Å². The lowest BCUT2D eigenvalue weighted by Gasteiger charge is -2.24. The van der Waals surface area contributed by atoms with E-state index in [1.807, 2.05) is 31.2 Å². The van der Waals surface area contributed by atoms with Gasteiger partial charge in [0.1, 0.15) is 12.1 Å². The minimum absolute atomic E-state index is 0.607. The highest BCUT2D eigenvalue weighted by Crippen LogP contribution is 2.30. The predicted octanol–water partition coefficient (Wildman–Crippen LogP) is 2.54. The van der Waals surface area contributed by atoms with Gasteiger partial charge < -0.3 is 14.7 Å². The van der Waals surface area contributed by atoms with Crippen LogP contribution in [0.25, 0.3) is 16.9 Å². The maximum Gasteiger partial charge on any atom is 0.200 e. The summed E-state index contributed by atoms with van der Waals surface area (Å²) in [7, 11) is 1.66. The average Bonchev–Trinajstić information content (AvgIpc) is 3.05. The van der Waals surface area contributed by atoms with Gasteiger partial charge in [0.25, 0.3) is 0 Å². The summed E-state index contributed by atoms with van der Waals surface area (Å²) in [6.45, 7) is 3.57. The lowest BCUT2D eigenvalue weighted by Crippen LogP contribution is -2.28. The number of anilines is 1. The monoisotopic (exact) mass is 353 g/mol. The van der Waals surface area contributed by atoms with Crippen molar-refractivity contribution in [2.45, 2.75) is 31.8 Å². The Hall–Kier alpha value is -2.67. The number of hydrogen-bond donors (Lipinski definition) is 1. The van der Waals surface area contributed by atoms with Gasteiger partial charge in [0.05, 0.1) is 24.1 Å². The van der Waals surface area contributed by atoms with Gasteiger partial charge in [-0.3, -0.25) is 0 Å². The van der Waals surface area contributed by atoms with Crippen molar-refractivity contribution < 1.29 is 9.84 Å². The van der Waals surface area contributed by atoms with Crippen molar-refractivity contribution in [3.8, 4) is 17.0 Å². The molecule has 0 bridgehead atoms. The van der Waals surface area contributed by atoms with Crippen molar-refractivity contribution in [3.63, 3.8) is 0 Å². The zero-order chi connectivity index (χ0) is 18.1. The SMILES string of the molecule is COc1ccc(-c2cc(N3CCCC(C)(O)CC3)c3nncn3n2)cc1. The second-order valence-corrected chi connectivity index (χ2v) is 7.08. The van der Waals surface area contributed by atoms with Crippen LogP contribution in [-0.4, -0.2) is 50.7 Å². The molecule has 1 aliphatic rings. The fraction of sp³-hybridized carbons (Fsp3) is 0.421. The van der Waals surface area contributed by atoms with Crippen molar-refractivity contribution in [3.05, 3.63) is 36.7 Å². The fourth-order valence-corrected chi connectivity index (χ4v) is 3.45. The standard InChI is InChI=1S/C19H23N5O2/c1-19(25)8-3-10-23(11-9-19)17-12-16(22-24-13-20-21-18(17)24)14-4-6-15(26-2)7-5-14/h4-7,12-13,25H,3,8-11H2,1-2H3. The Morgan fingerprint density at radius 1 is 1.15 bits per heavy atom. The van der Waals surface area contributed by atoms with Gasteiger partial charge in [-0.25, -0.2) is 0 Å². The fourth-order valence-electron chi connectivity index (χ4n) is 3.45. The largest absolute Gasteiger partial charge is 0.497 e. The van der Waals surface area contributed by atoms with Crippen LogP contribution in [0, 0.1) is 0 Å². The third-order valence-electron chi connectivity index (χ3n) is 5.04. The Morgan fingerprint density at radius 3 is 2.73 bits per heavy atom. The summed E-state index contributed by atoms with van der Waals surface area (Å²) in [6, 6.07) is 9.90. The van der Waals surface area contributed by atoms with Crippen molar-refractivity contribution in [2.24, 2.45) is 0 Å². The summed E-state index contributed by atoms with van der Waals surface area (Å²) in [5.74, 6) is 0.814. The zero-order valence-electron chi connectivity index (χ0n) is 15.1. The maximum atomic E-state index is 10.4. The van der Waals surface area contributed by atoms with E-state index < -0.39 is 5.60 Å². The first kappa shape index (κ1) is 16.8. The van der Waals surface area contributed by atoms with Gasteiger partial charge in [0.15, 0.2) is 0 Å². The molecule has 1 atom stereocenters. The molecule has 7 heteroatoms. The molecule has 1 aromatic carbocycles. The normalized spacial score (nSPS) is 21.0. The smallest absolute Gasteiger partial charge is 0.200 e. The number of rotatable bonds is 3. The molecule has 0 amide bonds. The summed E-state index contributed by atoms with van der Waals surface area (Å²) < 4.78 is 6.96. The maximum absolute atomic E-state index is 10.4. The number of hydrogen-bond acceptors (Lipinski definition) is 6. The summed E-state index contributed by atoms with van der Waals surface area (Å²) in [6.07, 6.45) is 4.10. The van der Waals surface area contributed by atoms with Crippen LogP contribution in [0.3, 0.4) is 0 Å². The second kappa shape index (κ2) is 6.57. The van der Waals surface area contributed by atoms with Crippen LogP contribution >= 0.6 is 0 Å². The van der Waals surface area contributed by atoms with E-state index in [2.05, 4.69) is 26.3 Å². The molecule has 1 aliphatic heterocycles. The molecule has 1 unspecified atom stereocenters. The molecule has 0 aliphatic carbocycles. The number of methoxy groups -OCH3 is 1. The van der Waals surface area contributed by atoms with Crippen LogP contribution in [0.1, 0.15) is 26.2 Å². The molecule has 0 saturated carbocycles. The van der Waals surface area contributed by atoms with Crippen molar-refractivity contribution >= 4 is 11.3 Å². The molecular formula is C19H23N5O2. The predicted molar refractivity (Wildman–Crippen MR) is 99.5 cm³/mol. The first-order valence-corrected chi connectivity index (χ1v) is 8.89. The molecule has 0 spiro atoms. The van der Waals surface area contributed by atoms with Gasteiger partial charge in [-0.1, -0.05) is 0 Å². The molecule has 3 heterocycles. The molecule has 26 heavy (non-hydrogen) atoms. The third kappa shape index (κ3) is 3.22. The molecule has 2 aromatic heterocycles. The highest BCUT2D eigenvalue weighted by Gasteiger charge is 2.26. The van der Waals surface area contributed by atoms with Crippen molar-refractivity contribution in [1.82, 2.24) is 19.8 Å². The summed E-state index contributed by atoms with van der Waals surface area (Å²) in [5.41, 5.74) is 2.99. The second-order valence-electron chi connectivity index (χ2n) is 7.08. The topological polar surface area (TPSA) is 75.8 Å². The van der Waals surface area contributed by atoms with Gasteiger partial charge in [0, 0.05) is 18.7 Å². The minimum atomic E-state index is -0.607. The van der Waals surface area contributed by atoms with Crippen LogP contribution in [-0.2, 0) is 0 Å². The highest BCUT2D eigenvalue weighted by atomic mass is 16.5. The summed E-state index contributed by atoms with van der Waals surface area (Å²) >= 11 is 0. The van der Waals surface area contributed by atoms with E-state index in [9.17, 15) is 5.11 Å². The quantitative estimate of drug-likeness (QED) is 0.780. The number of nitrogens with zero attached hydrogens (tertiary/aromatic N) is 5. The minimum Gasteiger partial charge on any atom is -0.497 e. The van der Waals surface area contributed by atoms with E-state index >= 15 is 0 Å². The first-order valence-electron chi connectivity index (χ1n) is 8.89. The molecule has 0 radical (unpaired) electrons. The van der Waals surface area contributed by atoms with Crippen molar-refractivity contribution in [1.29, 1.82) is 0 Å². The number of aromatic nitrogens is 4. The molecule has 3 aromatic rings. The number of ether oxygens (including phenoxy) is 1. The number of aliphatic hydroxyl groups is 1. The number of fused-ring (bicyclic) bond motifs is 1. The van der Waals surface area contributed by atoms with Crippen LogP contribution in [0.15, 0.2) is 36.7 Å². The molecule has 136 valence electrons. The third-order valence-corrected chi connectivity index (χ3v) is 5.04. The first-order chi connectivity index (χ1) is 12.6. The average molecular weight is 353 g/mol. The Balaban J connectivity index is 1.75. The van der Waals surface area contributed by atoms with E-state index in [1.165, 1.54) is 0 Å². The van der Waals surface area contributed by atoms with Crippen molar-refractivity contribution in [2.75, 3.05) is 25.1 Å². The van der Waals surface area contributed by atoms with E-state index in [0.29, 0.717) is 0 Å². The van der Waals surface area contributed by atoms with E-state index in [0.717, 1.165) is 60.7 Å². The zero-order valence-corrected chi connectivity index (χ0v) is 15.1. The highest BCUT2D eigenvalue weighted by molar-refractivity contribution is 5.74. The van der Waals surface area contributed by atoms with E-state index in [1.54, 1.807) is 18.0 Å². The molecule has 4 rings (SSSR count). The molecule has 1 saturated heterocycles. The molecular weight excluding hydrogens is 330 g/mol. The molecule has 7 nitrogen and oxygen atoms in total. The number of benzene rings is 1. The molecule has 1 N–H and O–H groups in total. The van der Waals surface area contributed by atoms with Crippen LogP contribution in [0.5, 0.6) is 5.75 Å². The Kier molecular flexibility index (Phi) is 4.24. The van der Waals surface area contributed by atoms with Crippen LogP contribution in [0.2, 0.25) is 0 Å². The van der Waals surface area contributed by atoms with Gasteiger partial charge in [-0.05, 0) is 56.5 Å². The van der Waals surface area contributed by atoms with Gasteiger partial charge >= 0.3 is 0 Å². The van der Waals surface area contributed by atoms with E-state index in [4.69, 9.17) is 4.74 Å². The van der Waals surface area contributed by atoms with Crippen LogP contribution in [0.4, 0.5) is 5.69 Å². The Labute approximate surface area is 152 Å². The summed E-state index contributed by atoms with van der Waals surface area (Å²) in [4.78, 5) is 2.28. The lowest BCUT2D eigenvalue weighted by molar-refractivity contribution is 0.0481. The van der Waals surface area contributed by atoms with Crippen LogP contribution < -0.4 is 9.64 Å². The lowest BCUT2D eigenvalue weighted by atomic mass is 9.98. The Bertz CT molecular complexity index is 904. The van der Waals surface area contributed by atoms with Gasteiger partial charge in [-0.2, -0.15) is 9.61 Å². The van der Waals surface area contributed by atoms with Gasteiger partial charge in [-0.15, -0.1) is 10.2 Å².